The Bertz CT molecular complexity index is 447. The number of nitrogens with zero attached hydrogens (tertiary/aromatic N) is 2. The summed E-state index contributed by atoms with van der Waals surface area (Å²) in [5.74, 6) is 5.33. The summed E-state index contributed by atoms with van der Waals surface area (Å²) in [6.45, 7) is 1.64. The van der Waals surface area contributed by atoms with Crippen LogP contribution < -0.4 is 11.3 Å². The maximum atomic E-state index is 12.4. The summed E-state index contributed by atoms with van der Waals surface area (Å²) in [7, 11) is 0. The van der Waals surface area contributed by atoms with Crippen LogP contribution in [-0.4, -0.2) is 53.3 Å². The second-order valence-corrected chi connectivity index (χ2v) is 4.65. The average molecular weight is 280 g/mol. The van der Waals surface area contributed by atoms with Crippen LogP contribution in [0.1, 0.15) is 23.2 Å². The maximum Gasteiger partial charge on any atom is 0.257 e. The van der Waals surface area contributed by atoms with E-state index in [1.165, 1.54) is 6.20 Å². The van der Waals surface area contributed by atoms with Gasteiger partial charge in [0.2, 0.25) is 0 Å². The molecule has 0 atom stereocenters. The number of piperidine rings is 1. The molecule has 0 aliphatic carbocycles. The Morgan fingerprint density at radius 1 is 1.55 bits per heavy atom. The SMILES string of the molecule is NNc1ccncc1C(=O)N1CCC(OCCO)CC1. The lowest BCUT2D eigenvalue weighted by atomic mass is 10.1. The largest absolute Gasteiger partial charge is 0.394 e. The fourth-order valence-corrected chi connectivity index (χ4v) is 2.31. The molecule has 0 unspecified atom stereocenters. The first-order chi connectivity index (χ1) is 9.76. The number of hydrogen-bond acceptors (Lipinski definition) is 6. The van der Waals surface area contributed by atoms with Crippen LogP contribution in [0.4, 0.5) is 5.69 Å². The second-order valence-electron chi connectivity index (χ2n) is 4.65. The number of aliphatic hydroxyl groups excluding tert-OH is 1. The maximum absolute atomic E-state index is 12.4. The van der Waals surface area contributed by atoms with Gasteiger partial charge in [0, 0.05) is 25.5 Å². The standard InChI is InChI=1S/C13H20N4O3/c14-16-12-1-4-15-9-11(12)13(19)17-5-2-10(3-6-17)20-8-7-18/h1,4,9-10,18H,2-3,5-8,14H2,(H,15,16). The normalized spacial score (nSPS) is 16.2. The molecule has 20 heavy (non-hydrogen) atoms. The molecule has 1 aliphatic rings. The number of ether oxygens (including phenoxy) is 1. The molecule has 1 aliphatic heterocycles. The topological polar surface area (TPSA) is 101 Å². The third kappa shape index (κ3) is 3.44. The van der Waals surface area contributed by atoms with Gasteiger partial charge in [-0.05, 0) is 18.9 Å². The van der Waals surface area contributed by atoms with Gasteiger partial charge in [0.05, 0.1) is 30.6 Å². The molecular formula is C13H20N4O3. The lowest BCUT2D eigenvalue weighted by Gasteiger charge is -2.32. The zero-order chi connectivity index (χ0) is 14.4. The highest BCUT2D eigenvalue weighted by Gasteiger charge is 2.25. The fourth-order valence-electron chi connectivity index (χ4n) is 2.31. The molecule has 1 aromatic rings. The molecule has 7 heteroatoms. The van der Waals surface area contributed by atoms with E-state index in [1.807, 2.05) is 0 Å². The molecule has 1 amide bonds. The van der Waals surface area contributed by atoms with E-state index < -0.39 is 0 Å². The van der Waals surface area contributed by atoms with Gasteiger partial charge in [-0.2, -0.15) is 0 Å². The number of aromatic nitrogens is 1. The fraction of sp³-hybridized carbons (Fsp3) is 0.538. The summed E-state index contributed by atoms with van der Waals surface area (Å²) in [6, 6.07) is 1.67. The minimum atomic E-state index is -0.0772. The van der Waals surface area contributed by atoms with Crippen molar-refractivity contribution in [2.75, 3.05) is 31.7 Å². The van der Waals surface area contributed by atoms with Crippen LogP contribution in [0.25, 0.3) is 0 Å². The Labute approximate surface area is 117 Å². The lowest BCUT2D eigenvalue weighted by molar-refractivity contribution is -0.00553. The van der Waals surface area contributed by atoms with E-state index in [0.717, 1.165) is 12.8 Å². The van der Waals surface area contributed by atoms with Crippen LogP contribution in [0.3, 0.4) is 0 Å². The molecule has 0 bridgehead atoms. The first kappa shape index (κ1) is 14.7. The first-order valence-corrected chi connectivity index (χ1v) is 6.68. The molecule has 4 N–H and O–H groups in total. The van der Waals surface area contributed by atoms with Crippen molar-refractivity contribution in [3.05, 3.63) is 24.0 Å². The van der Waals surface area contributed by atoms with Gasteiger partial charge in [0.1, 0.15) is 0 Å². The number of nitrogens with two attached hydrogens (primary N) is 1. The van der Waals surface area contributed by atoms with Crippen molar-refractivity contribution in [3.8, 4) is 0 Å². The molecule has 0 aromatic carbocycles. The van der Waals surface area contributed by atoms with Crippen LogP contribution in [0.15, 0.2) is 18.5 Å². The lowest BCUT2D eigenvalue weighted by Crippen LogP contribution is -2.41. The van der Waals surface area contributed by atoms with E-state index in [2.05, 4.69) is 10.4 Å². The molecule has 1 fully saturated rings. The van der Waals surface area contributed by atoms with Crippen LogP contribution >= 0.6 is 0 Å². The zero-order valence-electron chi connectivity index (χ0n) is 11.3. The Kier molecular flexibility index (Phi) is 5.28. The molecule has 0 spiro atoms. The quantitative estimate of drug-likeness (QED) is 0.518. The Balaban J connectivity index is 1.94. The number of pyridine rings is 1. The molecule has 7 nitrogen and oxygen atoms in total. The average Bonchev–Trinajstić information content (AvgIpc) is 2.52. The minimum Gasteiger partial charge on any atom is -0.394 e. The van der Waals surface area contributed by atoms with Gasteiger partial charge in [0.15, 0.2) is 0 Å². The van der Waals surface area contributed by atoms with Gasteiger partial charge in [-0.3, -0.25) is 15.6 Å². The van der Waals surface area contributed by atoms with E-state index >= 15 is 0 Å². The van der Waals surface area contributed by atoms with Crippen LogP contribution in [0.2, 0.25) is 0 Å². The highest BCUT2D eigenvalue weighted by Crippen LogP contribution is 2.19. The van der Waals surface area contributed by atoms with E-state index in [0.29, 0.717) is 30.9 Å². The zero-order valence-corrected chi connectivity index (χ0v) is 11.3. The summed E-state index contributed by atoms with van der Waals surface area (Å²) in [6.07, 6.45) is 4.77. The summed E-state index contributed by atoms with van der Waals surface area (Å²) in [4.78, 5) is 18.2. The third-order valence-corrected chi connectivity index (χ3v) is 3.38. The van der Waals surface area contributed by atoms with Crippen LogP contribution in [0.5, 0.6) is 0 Å². The van der Waals surface area contributed by atoms with Crippen molar-refractivity contribution in [1.29, 1.82) is 0 Å². The Morgan fingerprint density at radius 3 is 2.95 bits per heavy atom. The summed E-state index contributed by atoms with van der Waals surface area (Å²) < 4.78 is 5.48. The predicted molar refractivity (Wildman–Crippen MR) is 74.0 cm³/mol. The molecular weight excluding hydrogens is 260 g/mol. The molecule has 110 valence electrons. The number of rotatable bonds is 5. The van der Waals surface area contributed by atoms with E-state index in [-0.39, 0.29) is 18.6 Å². The Hall–Kier alpha value is -1.70. The van der Waals surface area contributed by atoms with E-state index in [1.54, 1.807) is 17.2 Å². The number of nitrogens with one attached hydrogen (secondary N) is 1. The first-order valence-electron chi connectivity index (χ1n) is 6.68. The highest BCUT2D eigenvalue weighted by atomic mass is 16.5. The van der Waals surface area contributed by atoms with Crippen LogP contribution in [-0.2, 0) is 4.74 Å². The van der Waals surface area contributed by atoms with Gasteiger partial charge in [0.25, 0.3) is 5.91 Å². The number of likely N-dealkylation sites (tertiary alicyclic amines) is 1. The molecule has 0 saturated carbocycles. The summed E-state index contributed by atoms with van der Waals surface area (Å²) in [5.41, 5.74) is 3.56. The smallest absolute Gasteiger partial charge is 0.257 e. The van der Waals surface area contributed by atoms with Gasteiger partial charge in [-0.25, -0.2) is 0 Å². The molecule has 1 saturated heterocycles. The number of carbonyl (C=O) groups is 1. The van der Waals surface area contributed by atoms with Gasteiger partial charge in [-0.1, -0.05) is 0 Å². The highest BCUT2D eigenvalue weighted by molar-refractivity contribution is 5.99. The molecule has 2 heterocycles. The van der Waals surface area contributed by atoms with Crippen molar-refractivity contribution in [2.45, 2.75) is 18.9 Å². The number of hydrogen-bond donors (Lipinski definition) is 3. The monoisotopic (exact) mass is 280 g/mol. The molecule has 2 rings (SSSR count). The third-order valence-electron chi connectivity index (χ3n) is 3.38. The number of anilines is 1. The van der Waals surface area contributed by atoms with Gasteiger partial charge in [-0.15, -0.1) is 0 Å². The van der Waals surface area contributed by atoms with Crippen LogP contribution in [0, 0.1) is 0 Å². The number of amides is 1. The number of hydrazine groups is 1. The van der Waals surface area contributed by atoms with E-state index in [4.69, 9.17) is 15.7 Å². The van der Waals surface area contributed by atoms with E-state index in [9.17, 15) is 4.79 Å². The molecule has 0 radical (unpaired) electrons. The predicted octanol–water partition coefficient (Wildman–Crippen LogP) is -0.0193. The number of nitrogen functional groups attached to an aromatic ring is 1. The van der Waals surface area contributed by atoms with Gasteiger partial charge >= 0.3 is 0 Å². The van der Waals surface area contributed by atoms with Crippen molar-refractivity contribution >= 4 is 11.6 Å². The molecule has 1 aromatic heterocycles. The van der Waals surface area contributed by atoms with Gasteiger partial charge < -0.3 is 20.2 Å². The van der Waals surface area contributed by atoms with Crippen molar-refractivity contribution < 1.29 is 14.6 Å². The van der Waals surface area contributed by atoms with Crippen molar-refractivity contribution in [1.82, 2.24) is 9.88 Å². The summed E-state index contributed by atoms with van der Waals surface area (Å²) in [5, 5.41) is 8.73. The number of carbonyl (C=O) groups excluding carboxylic acids is 1. The number of aliphatic hydroxyl groups is 1. The second kappa shape index (κ2) is 7.18. The van der Waals surface area contributed by atoms with Crippen molar-refractivity contribution in [2.24, 2.45) is 5.84 Å². The Morgan fingerprint density at radius 2 is 2.30 bits per heavy atom. The summed E-state index contributed by atoms with van der Waals surface area (Å²) >= 11 is 0. The minimum absolute atomic E-state index is 0.0281. The van der Waals surface area contributed by atoms with Crippen molar-refractivity contribution in [3.63, 3.8) is 0 Å².